The molecule has 44 valence electrons. The van der Waals surface area contributed by atoms with Crippen molar-refractivity contribution >= 4 is 17.1 Å². The third-order valence-corrected chi connectivity index (χ3v) is 1.56. The molecule has 1 aliphatic rings. The molecule has 0 amide bonds. The monoisotopic (exact) mass is 127 g/mol. The molecule has 0 unspecified atom stereocenters. The molecule has 0 fully saturated rings. The minimum atomic E-state index is 0.946. The normalized spacial score (nSPS) is 20.5. The highest BCUT2D eigenvalue weighted by atomic mass is 32.1. The zero-order chi connectivity index (χ0) is 5.98. The van der Waals surface area contributed by atoms with Crippen LogP contribution in [-0.2, 0) is 0 Å². The van der Waals surface area contributed by atoms with Crippen LogP contribution in [0, 0.1) is 0 Å². The van der Waals surface area contributed by atoms with Gasteiger partial charge in [0, 0.05) is 10.6 Å². The summed E-state index contributed by atoms with van der Waals surface area (Å²) in [6.07, 6.45) is 5.12. The lowest BCUT2D eigenvalue weighted by Crippen LogP contribution is -2.06. The fourth-order valence-corrected chi connectivity index (χ4v) is 1.11. The predicted octanol–water partition coefficient (Wildman–Crippen LogP) is 1.38. The highest BCUT2D eigenvalue weighted by Crippen LogP contribution is 2.10. The van der Waals surface area contributed by atoms with E-state index in [-0.39, 0.29) is 0 Å². The fraction of sp³-hybridized carbons (Fsp3) is 0.500. The molecule has 2 N–H and O–H groups in total. The van der Waals surface area contributed by atoms with Gasteiger partial charge in [0.1, 0.15) is 0 Å². The summed E-state index contributed by atoms with van der Waals surface area (Å²) < 4.78 is 0. The number of hydrogen-bond donors (Lipinski definition) is 1. The molecule has 0 saturated carbocycles. The molecule has 0 heterocycles. The van der Waals surface area contributed by atoms with Crippen molar-refractivity contribution in [3.63, 3.8) is 0 Å². The van der Waals surface area contributed by atoms with Crippen molar-refractivity contribution in [1.29, 1.82) is 0 Å². The summed E-state index contributed by atoms with van der Waals surface area (Å²) in [6, 6.07) is 0. The first-order valence-corrected chi connectivity index (χ1v) is 3.19. The van der Waals surface area contributed by atoms with E-state index in [1.807, 2.05) is 6.08 Å². The Morgan fingerprint density at radius 3 is 2.62 bits per heavy atom. The van der Waals surface area contributed by atoms with Crippen molar-refractivity contribution in [2.24, 2.45) is 5.73 Å². The van der Waals surface area contributed by atoms with Crippen molar-refractivity contribution in [3.05, 3.63) is 11.8 Å². The maximum absolute atomic E-state index is 5.50. The lowest BCUT2D eigenvalue weighted by Gasteiger charge is -2.07. The smallest absolute Gasteiger partial charge is 0.0169 e. The van der Waals surface area contributed by atoms with Gasteiger partial charge in [-0.3, -0.25) is 0 Å². The van der Waals surface area contributed by atoms with E-state index < -0.39 is 0 Å². The highest BCUT2D eigenvalue weighted by molar-refractivity contribution is 7.80. The summed E-state index contributed by atoms with van der Waals surface area (Å²) in [7, 11) is 0. The first kappa shape index (κ1) is 5.76. The molecule has 1 rings (SSSR count). The molecule has 0 radical (unpaired) electrons. The van der Waals surface area contributed by atoms with Crippen LogP contribution in [-0.4, -0.2) is 4.86 Å². The van der Waals surface area contributed by atoms with E-state index >= 15 is 0 Å². The Balaban J connectivity index is 2.64. The summed E-state index contributed by atoms with van der Waals surface area (Å²) >= 11 is 4.93. The molecule has 8 heavy (non-hydrogen) atoms. The average molecular weight is 127 g/mol. The molecule has 0 spiro atoms. The Morgan fingerprint density at radius 1 is 1.50 bits per heavy atom. The second kappa shape index (κ2) is 2.27. The van der Waals surface area contributed by atoms with Crippen molar-refractivity contribution in [2.45, 2.75) is 19.3 Å². The van der Waals surface area contributed by atoms with Gasteiger partial charge in [-0.1, -0.05) is 12.2 Å². The molecular weight excluding hydrogens is 118 g/mol. The zero-order valence-electron chi connectivity index (χ0n) is 4.68. The molecule has 0 aromatic heterocycles. The van der Waals surface area contributed by atoms with Gasteiger partial charge in [0.2, 0.25) is 0 Å². The van der Waals surface area contributed by atoms with Crippen LogP contribution < -0.4 is 5.73 Å². The van der Waals surface area contributed by atoms with Gasteiger partial charge in [-0.15, -0.1) is 0 Å². The van der Waals surface area contributed by atoms with E-state index in [0.29, 0.717) is 0 Å². The number of nitrogens with two attached hydrogens (primary N) is 1. The number of thiocarbonyl (C=S) groups is 1. The lowest BCUT2D eigenvalue weighted by atomic mass is 10.1. The molecule has 0 aliphatic heterocycles. The second-order valence-electron chi connectivity index (χ2n) is 2.04. The quantitative estimate of drug-likeness (QED) is 0.497. The van der Waals surface area contributed by atoms with Crippen LogP contribution in [0.3, 0.4) is 0 Å². The molecule has 0 aromatic rings. The molecule has 2 heteroatoms. The minimum absolute atomic E-state index is 0.946. The van der Waals surface area contributed by atoms with Crippen LogP contribution in [0.1, 0.15) is 19.3 Å². The Kier molecular flexibility index (Phi) is 1.63. The molecule has 0 saturated heterocycles. The summed E-state index contributed by atoms with van der Waals surface area (Å²) in [6.45, 7) is 0. The number of rotatable bonds is 0. The maximum Gasteiger partial charge on any atom is 0.0169 e. The fourth-order valence-electron chi connectivity index (χ4n) is 0.818. The second-order valence-corrected chi connectivity index (χ2v) is 2.56. The predicted molar refractivity (Wildman–Crippen MR) is 38.7 cm³/mol. The van der Waals surface area contributed by atoms with Gasteiger partial charge in [-0.2, -0.15) is 0 Å². The van der Waals surface area contributed by atoms with E-state index in [2.05, 4.69) is 0 Å². The number of allylic oxidation sites excluding steroid dienone is 2. The first-order chi connectivity index (χ1) is 3.79. The van der Waals surface area contributed by atoms with Crippen molar-refractivity contribution in [1.82, 2.24) is 0 Å². The zero-order valence-corrected chi connectivity index (χ0v) is 5.50. The van der Waals surface area contributed by atoms with Crippen molar-refractivity contribution in [2.75, 3.05) is 0 Å². The Bertz CT molecular complexity index is 137. The minimum Gasteiger partial charge on any atom is -0.402 e. The molecule has 0 bridgehead atoms. The van der Waals surface area contributed by atoms with Crippen LogP contribution in [0.25, 0.3) is 0 Å². The number of hydrogen-bond acceptors (Lipinski definition) is 2. The molecule has 0 atom stereocenters. The van der Waals surface area contributed by atoms with Gasteiger partial charge >= 0.3 is 0 Å². The lowest BCUT2D eigenvalue weighted by molar-refractivity contribution is 0.833. The first-order valence-electron chi connectivity index (χ1n) is 2.78. The van der Waals surface area contributed by atoms with Gasteiger partial charge in [-0.25, -0.2) is 0 Å². The standard InChI is InChI=1S/C6H9NS/c7-5-2-1-3-6(8)4-5/h4H,1-3,7H2. The highest BCUT2D eigenvalue weighted by Gasteiger charge is 2.01. The summed E-state index contributed by atoms with van der Waals surface area (Å²) in [5.41, 5.74) is 6.44. The topological polar surface area (TPSA) is 26.0 Å². The third-order valence-electron chi connectivity index (χ3n) is 1.24. The Morgan fingerprint density at radius 2 is 2.25 bits per heavy atom. The van der Waals surface area contributed by atoms with E-state index in [4.69, 9.17) is 18.0 Å². The molecule has 0 aromatic carbocycles. The van der Waals surface area contributed by atoms with Crippen LogP contribution in [0.5, 0.6) is 0 Å². The van der Waals surface area contributed by atoms with Gasteiger partial charge in [0.15, 0.2) is 0 Å². The van der Waals surface area contributed by atoms with Crippen LogP contribution >= 0.6 is 12.2 Å². The Hall–Kier alpha value is -0.370. The molecular formula is C6H9NS. The van der Waals surface area contributed by atoms with Gasteiger partial charge < -0.3 is 5.73 Å². The summed E-state index contributed by atoms with van der Waals surface area (Å²) in [5.74, 6) is 0. The summed E-state index contributed by atoms with van der Waals surface area (Å²) in [4.78, 5) is 1.01. The van der Waals surface area contributed by atoms with E-state index in [0.717, 1.165) is 29.8 Å². The Labute approximate surface area is 54.6 Å². The average Bonchev–Trinajstić information content (AvgIpc) is 1.64. The van der Waals surface area contributed by atoms with Gasteiger partial charge in [0.05, 0.1) is 0 Å². The largest absolute Gasteiger partial charge is 0.402 e. The maximum atomic E-state index is 5.50. The summed E-state index contributed by atoms with van der Waals surface area (Å²) in [5, 5.41) is 0. The van der Waals surface area contributed by atoms with Crippen LogP contribution in [0.15, 0.2) is 11.8 Å². The van der Waals surface area contributed by atoms with E-state index in [1.54, 1.807) is 0 Å². The van der Waals surface area contributed by atoms with Crippen molar-refractivity contribution in [3.8, 4) is 0 Å². The molecule has 1 nitrogen and oxygen atoms in total. The van der Waals surface area contributed by atoms with Crippen LogP contribution in [0.2, 0.25) is 0 Å². The van der Waals surface area contributed by atoms with E-state index in [1.165, 1.54) is 0 Å². The van der Waals surface area contributed by atoms with Gasteiger partial charge in [-0.05, 0) is 25.3 Å². The van der Waals surface area contributed by atoms with Crippen LogP contribution in [0.4, 0.5) is 0 Å². The van der Waals surface area contributed by atoms with Crippen molar-refractivity contribution < 1.29 is 0 Å². The molecule has 1 aliphatic carbocycles. The van der Waals surface area contributed by atoms with Gasteiger partial charge in [0.25, 0.3) is 0 Å². The SMILES string of the molecule is NC1=CC(=S)CCC1. The van der Waals surface area contributed by atoms with E-state index in [9.17, 15) is 0 Å². The third kappa shape index (κ3) is 1.30.